The molecule has 1 N–H and O–H groups in total. The van der Waals surface area contributed by atoms with Crippen molar-refractivity contribution in [3.05, 3.63) is 59.2 Å². The Labute approximate surface area is 112 Å². The summed E-state index contributed by atoms with van der Waals surface area (Å²) in [5.41, 5.74) is 4.52. The zero-order valence-corrected chi connectivity index (χ0v) is 10.8. The van der Waals surface area contributed by atoms with Gasteiger partial charge >= 0.3 is 5.97 Å². The van der Waals surface area contributed by atoms with Crippen LogP contribution in [0.2, 0.25) is 0 Å². The maximum atomic E-state index is 11.4. The Hall–Kier alpha value is -2.29. The average molecular weight is 253 g/mol. The van der Waals surface area contributed by atoms with Gasteiger partial charge in [0.2, 0.25) is 0 Å². The number of fused-ring (bicyclic) bond motifs is 1. The Morgan fingerprint density at radius 1 is 1.16 bits per heavy atom. The van der Waals surface area contributed by atoms with Crippen LogP contribution in [-0.4, -0.2) is 17.6 Å². The molecule has 2 aromatic rings. The van der Waals surface area contributed by atoms with E-state index in [1.54, 1.807) is 6.07 Å². The van der Waals surface area contributed by atoms with Crippen LogP contribution in [0.3, 0.4) is 0 Å². The zero-order chi connectivity index (χ0) is 13.4. The van der Waals surface area contributed by atoms with Crippen LogP contribution in [0, 0.1) is 6.92 Å². The molecule has 0 saturated carbocycles. The molecule has 0 fully saturated rings. The molecule has 3 heteroatoms. The topological polar surface area (TPSA) is 40.5 Å². The highest BCUT2D eigenvalue weighted by Crippen LogP contribution is 2.36. The van der Waals surface area contributed by atoms with Gasteiger partial charge in [0, 0.05) is 12.2 Å². The molecule has 0 bridgehead atoms. The highest BCUT2D eigenvalue weighted by Gasteiger charge is 2.23. The van der Waals surface area contributed by atoms with Gasteiger partial charge in [-0.3, -0.25) is 0 Å². The highest BCUT2D eigenvalue weighted by molar-refractivity contribution is 5.96. The molecular formula is C16H15NO2. The molecular weight excluding hydrogens is 238 g/mol. The van der Waals surface area contributed by atoms with E-state index in [1.165, 1.54) is 5.56 Å². The fraction of sp³-hybridized carbons (Fsp3) is 0.188. The Bertz CT molecular complexity index is 649. The van der Waals surface area contributed by atoms with Gasteiger partial charge < -0.3 is 10.0 Å². The lowest BCUT2D eigenvalue weighted by Crippen LogP contribution is -2.17. The quantitative estimate of drug-likeness (QED) is 0.891. The molecule has 2 aromatic carbocycles. The summed E-state index contributed by atoms with van der Waals surface area (Å²) in [6.45, 7) is 2.75. The van der Waals surface area contributed by atoms with Crippen molar-refractivity contribution in [1.29, 1.82) is 0 Å². The van der Waals surface area contributed by atoms with E-state index in [9.17, 15) is 9.90 Å². The standard InChI is InChI=1S/C16H15NO2/c1-11-6-7-15(13(10-11)16(18)19)17-9-8-12-4-2-3-5-14(12)17/h2-7,10H,8-9H2,1H3,(H,18,19). The third kappa shape index (κ3) is 1.97. The van der Waals surface area contributed by atoms with Crippen LogP contribution in [-0.2, 0) is 6.42 Å². The van der Waals surface area contributed by atoms with E-state index < -0.39 is 5.97 Å². The van der Waals surface area contributed by atoms with Gasteiger partial charge in [0.15, 0.2) is 0 Å². The van der Waals surface area contributed by atoms with Gasteiger partial charge in [-0.05, 0) is 37.1 Å². The Morgan fingerprint density at radius 2 is 1.95 bits per heavy atom. The van der Waals surface area contributed by atoms with E-state index in [1.807, 2.05) is 37.3 Å². The van der Waals surface area contributed by atoms with Gasteiger partial charge in [0.1, 0.15) is 0 Å². The van der Waals surface area contributed by atoms with Crippen LogP contribution < -0.4 is 4.90 Å². The summed E-state index contributed by atoms with van der Waals surface area (Å²) < 4.78 is 0. The number of benzene rings is 2. The molecule has 96 valence electrons. The van der Waals surface area contributed by atoms with E-state index in [-0.39, 0.29) is 0 Å². The van der Waals surface area contributed by atoms with Gasteiger partial charge in [-0.1, -0.05) is 29.8 Å². The molecule has 0 saturated heterocycles. The second kappa shape index (κ2) is 4.43. The maximum absolute atomic E-state index is 11.4. The third-order valence-corrected chi connectivity index (χ3v) is 3.56. The molecule has 0 aromatic heterocycles. The number of nitrogens with zero attached hydrogens (tertiary/aromatic N) is 1. The Morgan fingerprint density at radius 3 is 2.74 bits per heavy atom. The molecule has 0 radical (unpaired) electrons. The molecule has 3 nitrogen and oxygen atoms in total. The molecule has 19 heavy (non-hydrogen) atoms. The van der Waals surface area contributed by atoms with Crippen LogP contribution in [0.5, 0.6) is 0 Å². The summed E-state index contributed by atoms with van der Waals surface area (Å²) in [5.74, 6) is -0.872. The molecule has 3 rings (SSSR count). The molecule has 1 aliphatic heterocycles. The summed E-state index contributed by atoms with van der Waals surface area (Å²) in [6.07, 6.45) is 0.961. The molecule has 0 aliphatic carbocycles. The normalized spacial score (nSPS) is 13.4. The largest absolute Gasteiger partial charge is 0.478 e. The average Bonchev–Trinajstić information content (AvgIpc) is 2.82. The van der Waals surface area contributed by atoms with Gasteiger partial charge in [-0.25, -0.2) is 4.79 Å². The SMILES string of the molecule is Cc1ccc(N2CCc3ccccc32)c(C(=O)O)c1. The van der Waals surface area contributed by atoms with E-state index in [0.29, 0.717) is 5.56 Å². The number of hydrogen-bond acceptors (Lipinski definition) is 2. The number of hydrogen-bond donors (Lipinski definition) is 1. The summed E-state index contributed by atoms with van der Waals surface area (Å²) in [5, 5.41) is 9.37. The van der Waals surface area contributed by atoms with Crippen LogP contribution in [0.25, 0.3) is 0 Å². The van der Waals surface area contributed by atoms with Gasteiger partial charge in [0.25, 0.3) is 0 Å². The summed E-state index contributed by atoms with van der Waals surface area (Å²) >= 11 is 0. The Balaban J connectivity index is 2.12. The highest BCUT2D eigenvalue weighted by atomic mass is 16.4. The van der Waals surface area contributed by atoms with Gasteiger partial charge in [-0.15, -0.1) is 0 Å². The van der Waals surface area contributed by atoms with Crippen molar-refractivity contribution >= 4 is 17.3 Å². The number of rotatable bonds is 2. The zero-order valence-electron chi connectivity index (χ0n) is 10.8. The number of para-hydroxylation sites is 1. The molecule has 0 spiro atoms. The first-order chi connectivity index (χ1) is 9.16. The van der Waals surface area contributed by atoms with Crippen molar-refractivity contribution < 1.29 is 9.90 Å². The monoisotopic (exact) mass is 253 g/mol. The number of aryl methyl sites for hydroxylation is 1. The lowest BCUT2D eigenvalue weighted by atomic mass is 10.1. The summed E-state index contributed by atoms with van der Waals surface area (Å²) in [4.78, 5) is 13.5. The van der Waals surface area contributed by atoms with Gasteiger partial charge in [0.05, 0.1) is 11.3 Å². The summed E-state index contributed by atoms with van der Waals surface area (Å²) in [7, 11) is 0. The van der Waals surface area contributed by atoms with Crippen molar-refractivity contribution in [2.45, 2.75) is 13.3 Å². The van der Waals surface area contributed by atoms with E-state index in [0.717, 1.165) is 29.9 Å². The first-order valence-electron chi connectivity index (χ1n) is 6.36. The van der Waals surface area contributed by atoms with Crippen LogP contribution >= 0.6 is 0 Å². The number of carboxylic acid groups (broad SMARTS) is 1. The van der Waals surface area contributed by atoms with Crippen molar-refractivity contribution in [2.75, 3.05) is 11.4 Å². The molecule has 0 amide bonds. The minimum atomic E-state index is -0.872. The maximum Gasteiger partial charge on any atom is 0.337 e. The molecule has 0 unspecified atom stereocenters. The fourth-order valence-electron chi connectivity index (χ4n) is 2.65. The number of carbonyl (C=O) groups is 1. The first kappa shape index (κ1) is 11.8. The third-order valence-electron chi connectivity index (χ3n) is 3.56. The Kier molecular flexibility index (Phi) is 2.75. The minimum Gasteiger partial charge on any atom is -0.478 e. The second-order valence-electron chi connectivity index (χ2n) is 4.86. The fourth-order valence-corrected chi connectivity index (χ4v) is 2.65. The predicted octanol–water partition coefficient (Wildman–Crippen LogP) is 3.39. The molecule has 1 aliphatic rings. The lowest BCUT2D eigenvalue weighted by molar-refractivity contribution is 0.0697. The first-order valence-corrected chi connectivity index (χ1v) is 6.36. The van der Waals surface area contributed by atoms with Crippen LogP contribution in [0.15, 0.2) is 42.5 Å². The van der Waals surface area contributed by atoms with Crippen molar-refractivity contribution in [2.24, 2.45) is 0 Å². The number of anilines is 2. The number of carboxylic acids is 1. The number of aromatic carboxylic acids is 1. The van der Waals surface area contributed by atoms with E-state index in [4.69, 9.17) is 0 Å². The second-order valence-corrected chi connectivity index (χ2v) is 4.86. The predicted molar refractivity (Wildman–Crippen MR) is 75.3 cm³/mol. The molecule has 1 heterocycles. The van der Waals surface area contributed by atoms with E-state index in [2.05, 4.69) is 11.0 Å². The summed E-state index contributed by atoms with van der Waals surface area (Å²) in [6, 6.07) is 13.8. The smallest absolute Gasteiger partial charge is 0.337 e. The van der Waals surface area contributed by atoms with Gasteiger partial charge in [-0.2, -0.15) is 0 Å². The van der Waals surface area contributed by atoms with Crippen molar-refractivity contribution in [1.82, 2.24) is 0 Å². The minimum absolute atomic E-state index is 0.372. The van der Waals surface area contributed by atoms with Crippen LogP contribution in [0.1, 0.15) is 21.5 Å². The van der Waals surface area contributed by atoms with Crippen molar-refractivity contribution in [3.8, 4) is 0 Å². The van der Waals surface area contributed by atoms with E-state index >= 15 is 0 Å². The van der Waals surface area contributed by atoms with Crippen molar-refractivity contribution in [3.63, 3.8) is 0 Å². The lowest BCUT2D eigenvalue weighted by Gasteiger charge is -2.21. The van der Waals surface area contributed by atoms with Crippen LogP contribution in [0.4, 0.5) is 11.4 Å². The molecule has 0 atom stereocenters.